The Morgan fingerprint density at radius 1 is 1.18 bits per heavy atom. The van der Waals surface area contributed by atoms with Gasteiger partial charge in [0, 0.05) is 12.2 Å². The van der Waals surface area contributed by atoms with Crippen LogP contribution < -0.4 is 5.32 Å². The van der Waals surface area contributed by atoms with Crippen LogP contribution in [0.5, 0.6) is 0 Å². The molecule has 0 atom stereocenters. The molecule has 1 fully saturated rings. The van der Waals surface area contributed by atoms with E-state index >= 15 is 0 Å². The molecule has 0 aliphatic heterocycles. The highest BCUT2D eigenvalue weighted by Crippen LogP contribution is 2.38. The van der Waals surface area contributed by atoms with Crippen LogP contribution in [-0.4, -0.2) is 20.4 Å². The molecule has 0 spiro atoms. The minimum absolute atomic E-state index is 0.171. The highest BCUT2D eigenvalue weighted by Gasteiger charge is 2.28. The molecule has 2 aromatic heterocycles. The number of carbonyl (C=O) groups is 1. The standard InChI is InChI=1S/C17H16N4O/c22-17(14-6-3-4-10-18-14)19-11-16-20-13-5-1-2-7-15(13)21(16)12-8-9-12/h1-7,10,12H,8-9,11H2,(H,19,22). The van der Waals surface area contributed by atoms with Gasteiger partial charge in [-0.1, -0.05) is 18.2 Å². The van der Waals surface area contributed by atoms with Gasteiger partial charge in [0.15, 0.2) is 0 Å². The lowest BCUT2D eigenvalue weighted by Gasteiger charge is -2.08. The molecule has 1 aliphatic carbocycles. The Bertz CT molecular complexity index is 821. The van der Waals surface area contributed by atoms with Crippen molar-refractivity contribution in [2.24, 2.45) is 0 Å². The molecular weight excluding hydrogens is 276 g/mol. The lowest BCUT2D eigenvalue weighted by Crippen LogP contribution is -2.25. The fourth-order valence-corrected chi connectivity index (χ4v) is 2.71. The molecular formula is C17H16N4O. The normalized spacial score (nSPS) is 14.2. The number of para-hydroxylation sites is 2. The zero-order chi connectivity index (χ0) is 14.9. The van der Waals surface area contributed by atoms with Gasteiger partial charge in [-0.3, -0.25) is 9.78 Å². The minimum Gasteiger partial charge on any atom is -0.343 e. The molecule has 22 heavy (non-hydrogen) atoms. The minimum atomic E-state index is -0.171. The van der Waals surface area contributed by atoms with Gasteiger partial charge < -0.3 is 9.88 Å². The molecule has 2 heterocycles. The summed E-state index contributed by atoms with van der Waals surface area (Å²) in [7, 11) is 0. The second kappa shape index (κ2) is 5.26. The van der Waals surface area contributed by atoms with Gasteiger partial charge in [0.25, 0.3) is 5.91 Å². The predicted octanol–water partition coefficient (Wildman–Crippen LogP) is 2.70. The van der Waals surface area contributed by atoms with Crippen molar-refractivity contribution in [2.75, 3.05) is 0 Å². The molecule has 1 N–H and O–H groups in total. The fraction of sp³-hybridized carbons (Fsp3) is 0.235. The van der Waals surface area contributed by atoms with Gasteiger partial charge in [0.05, 0.1) is 17.6 Å². The maximum Gasteiger partial charge on any atom is 0.270 e. The van der Waals surface area contributed by atoms with Crippen LogP contribution in [0, 0.1) is 0 Å². The molecule has 110 valence electrons. The lowest BCUT2D eigenvalue weighted by molar-refractivity contribution is 0.0944. The number of imidazole rings is 1. The molecule has 0 radical (unpaired) electrons. The van der Waals surface area contributed by atoms with Gasteiger partial charge >= 0.3 is 0 Å². The summed E-state index contributed by atoms with van der Waals surface area (Å²) in [6, 6.07) is 13.9. The van der Waals surface area contributed by atoms with Crippen molar-refractivity contribution >= 4 is 16.9 Å². The lowest BCUT2D eigenvalue weighted by atomic mass is 10.3. The molecule has 1 saturated carbocycles. The van der Waals surface area contributed by atoms with E-state index < -0.39 is 0 Å². The van der Waals surface area contributed by atoms with Crippen molar-refractivity contribution < 1.29 is 4.79 Å². The van der Waals surface area contributed by atoms with E-state index in [0.29, 0.717) is 18.3 Å². The van der Waals surface area contributed by atoms with Crippen molar-refractivity contribution in [3.8, 4) is 0 Å². The Labute approximate surface area is 128 Å². The van der Waals surface area contributed by atoms with Gasteiger partial charge in [-0.05, 0) is 37.1 Å². The Kier molecular flexibility index (Phi) is 3.11. The Morgan fingerprint density at radius 2 is 2.00 bits per heavy atom. The summed E-state index contributed by atoms with van der Waals surface area (Å²) in [4.78, 5) is 20.9. The first-order valence-electron chi connectivity index (χ1n) is 7.48. The largest absolute Gasteiger partial charge is 0.343 e. The number of aromatic nitrogens is 3. The maximum atomic E-state index is 12.1. The van der Waals surface area contributed by atoms with E-state index in [-0.39, 0.29) is 5.91 Å². The summed E-state index contributed by atoms with van der Waals surface area (Å²) in [6.07, 6.45) is 3.98. The second-order valence-corrected chi connectivity index (χ2v) is 5.52. The summed E-state index contributed by atoms with van der Waals surface area (Å²) in [6.45, 7) is 0.417. The summed E-state index contributed by atoms with van der Waals surface area (Å²) in [5, 5.41) is 2.91. The Morgan fingerprint density at radius 3 is 2.77 bits per heavy atom. The SMILES string of the molecule is O=C(NCc1nc2ccccc2n1C1CC1)c1ccccn1. The zero-order valence-corrected chi connectivity index (χ0v) is 12.1. The topological polar surface area (TPSA) is 59.8 Å². The summed E-state index contributed by atoms with van der Waals surface area (Å²) < 4.78 is 2.26. The third-order valence-electron chi connectivity index (χ3n) is 3.89. The monoisotopic (exact) mass is 292 g/mol. The number of nitrogens with one attached hydrogen (secondary N) is 1. The van der Waals surface area contributed by atoms with Crippen LogP contribution >= 0.6 is 0 Å². The van der Waals surface area contributed by atoms with Crippen molar-refractivity contribution in [1.82, 2.24) is 19.9 Å². The quantitative estimate of drug-likeness (QED) is 0.804. The third kappa shape index (κ3) is 2.35. The summed E-state index contributed by atoms with van der Waals surface area (Å²) in [5.74, 6) is 0.739. The van der Waals surface area contributed by atoms with E-state index in [0.717, 1.165) is 16.9 Å². The molecule has 5 nitrogen and oxygen atoms in total. The van der Waals surface area contributed by atoms with Crippen LogP contribution in [0.2, 0.25) is 0 Å². The molecule has 0 bridgehead atoms. The van der Waals surface area contributed by atoms with E-state index in [4.69, 9.17) is 0 Å². The van der Waals surface area contributed by atoms with Crippen LogP contribution in [0.25, 0.3) is 11.0 Å². The third-order valence-corrected chi connectivity index (χ3v) is 3.89. The van der Waals surface area contributed by atoms with Crippen molar-refractivity contribution in [2.45, 2.75) is 25.4 Å². The van der Waals surface area contributed by atoms with Gasteiger partial charge in [-0.15, -0.1) is 0 Å². The molecule has 1 amide bonds. The van der Waals surface area contributed by atoms with E-state index in [9.17, 15) is 4.79 Å². The van der Waals surface area contributed by atoms with Gasteiger partial charge in [-0.2, -0.15) is 0 Å². The second-order valence-electron chi connectivity index (χ2n) is 5.52. The molecule has 1 aliphatic rings. The number of benzene rings is 1. The highest BCUT2D eigenvalue weighted by molar-refractivity contribution is 5.92. The Balaban J connectivity index is 1.59. The first-order chi connectivity index (χ1) is 10.8. The predicted molar refractivity (Wildman–Crippen MR) is 83.4 cm³/mol. The average Bonchev–Trinajstić information content (AvgIpc) is 3.33. The van der Waals surface area contributed by atoms with Crippen molar-refractivity contribution in [3.63, 3.8) is 0 Å². The number of hydrogen-bond acceptors (Lipinski definition) is 3. The summed E-state index contributed by atoms with van der Waals surface area (Å²) in [5.41, 5.74) is 2.56. The number of rotatable bonds is 4. The molecule has 3 aromatic rings. The number of carbonyl (C=O) groups excluding carboxylic acids is 1. The van der Waals surface area contributed by atoms with Crippen LogP contribution in [0.3, 0.4) is 0 Å². The van der Waals surface area contributed by atoms with Gasteiger partial charge in [0.2, 0.25) is 0 Å². The smallest absolute Gasteiger partial charge is 0.270 e. The highest BCUT2D eigenvalue weighted by atomic mass is 16.1. The zero-order valence-electron chi connectivity index (χ0n) is 12.1. The van der Waals surface area contributed by atoms with Crippen molar-refractivity contribution in [3.05, 3.63) is 60.2 Å². The Hall–Kier alpha value is -2.69. The van der Waals surface area contributed by atoms with E-state index in [1.54, 1.807) is 24.4 Å². The van der Waals surface area contributed by atoms with Crippen LogP contribution in [0.4, 0.5) is 0 Å². The number of fused-ring (bicyclic) bond motifs is 1. The van der Waals surface area contributed by atoms with E-state index in [1.807, 2.05) is 18.2 Å². The maximum absolute atomic E-state index is 12.1. The molecule has 5 heteroatoms. The number of pyridine rings is 1. The van der Waals surface area contributed by atoms with Crippen LogP contribution in [0.15, 0.2) is 48.7 Å². The summed E-state index contributed by atoms with van der Waals surface area (Å²) >= 11 is 0. The van der Waals surface area contributed by atoms with Crippen molar-refractivity contribution in [1.29, 1.82) is 0 Å². The number of hydrogen-bond donors (Lipinski definition) is 1. The number of amides is 1. The molecule has 0 saturated heterocycles. The molecule has 0 unspecified atom stereocenters. The average molecular weight is 292 g/mol. The molecule has 4 rings (SSSR count). The first-order valence-corrected chi connectivity index (χ1v) is 7.48. The van der Waals surface area contributed by atoms with E-state index in [2.05, 4.69) is 25.9 Å². The van der Waals surface area contributed by atoms with Gasteiger partial charge in [-0.25, -0.2) is 4.98 Å². The fourth-order valence-electron chi connectivity index (χ4n) is 2.71. The van der Waals surface area contributed by atoms with Gasteiger partial charge in [0.1, 0.15) is 11.5 Å². The van der Waals surface area contributed by atoms with E-state index in [1.165, 1.54) is 12.8 Å². The molecule has 1 aromatic carbocycles. The number of nitrogens with zero attached hydrogens (tertiary/aromatic N) is 3. The van der Waals surface area contributed by atoms with Crippen LogP contribution in [0.1, 0.15) is 35.2 Å². The van der Waals surface area contributed by atoms with Crippen LogP contribution in [-0.2, 0) is 6.54 Å². The first kappa shape index (κ1) is 13.0.